The Morgan fingerprint density at radius 1 is 0.938 bits per heavy atom. The lowest BCUT2D eigenvalue weighted by atomic mass is 10.0. The van der Waals surface area contributed by atoms with Crippen molar-refractivity contribution in [3.63, 3.8) is 0 Å². The third kappa shape index (κ3) is 1.39. The molecule has 2 nitrogen and oxygen atoms in total. The molecular formula is C14H11NO. The predicted octanol–water partition coefficient (Wildman–Crippen LogP) is 3.80. The van der Waals surface area contributed by atoms with Crippen molar-refractivity contribution in [1.82, 2.24) is 5.16 Å². The number of nitrogens with zero attached hydrogens (tertiary/aromatic N) is 1. The van der Waals surface area contributed by atoms with Crippen LogP contribution in [0.15, 0.2) is 53.1 Å². The second kappa shape index (κ2) is 3.49. The summed E-state index contributed by atoms with van der Waals surface area (Å²) in [5, 5.41) is 5.04. The summed E-state index contributed by atoms with van der Waals surface area (Å²) in [6.45, 7) is 1.96. The molecule has 3 rings (SSSR count). The molecule has 2 aromatic carbocycles. The maximum atomic E-state index is 5.19. The monoisotopic (exact) mass is 209 g/mol. The summed E-state index contributed by atoms with van der Waals surface area (Å²) in [5.74, 6) is 0. The van der Waals surface area contributed by atoms with E-state index >= 15 is 0 Å². The van der Waals surface area contributed by atoms with E-state index in [0.717, 1.165) is 16.7 Å². The van der Waals surface area contributed by atoms with Crippen LogP contribution >= 0.6 is 0 Å². The molecule has 0 amide bonds. The van der Waals surface area contributed by atoms with Crippen LogP contribution in [0, 0.1) is 6.92 Å². The van der Waals surface area contributed by atoms with Crippen molar-refractivity contribution < 1.29 is 4.52 Å². The van der Waals surface area contributed by atoms with Gasteiger partial charge < -0.3 is 4.52 Å². The first kappa shape index (κ1) is 9.16. The normalized spacial score (nSPS) is 10.8. The van der Waals surface area contributed by atoms with Crippen molar-refractivity contribution in [2.75, 3.05) is 0 Å². The van der Waals surface area contributed by atoms with E-state index in [-0.39, 0.29) is 0 Å². The molecule has 78 valence electrons. The molecule has 0 saturated heterocycles. The number of aromatic nitrogens is 1. The number of hydrogen-bond acceptors (Lipinski definition) is 2. The number of benzene rings is 2. The van der Waals surface area contributed by atoms with Gasteiger partial charge in [0.25, 0.3) is 0 Å². The first-order valence-corrected chi connectivity index (χ1v) is 5.26. The van der Waals surface area contributed by atoms with E-state index in [9.17, 15) is 0 Å². The Morgan fingerprint density at radius 3 is 2.56 bits per heavy atom. The summed E-state index contributed by atoms with van der Waals surface area (Å²) in [7, 11) is 0. The van der Waals surface area contributed by atoms with Crippen LogP contribution in [0.3, 0.4) is 0 Å². The third-order valence-electron chi connectivity index (χ3n) is 2.76. The largest absolute Gasteiger partial charge is 0.356 e. The van der Waals surface area contributed by atoms with Crippen molar-refractivity contribution in [3.8, 4) is 11.1 Å². The highest BCUT2D eigenvalue weighted by molar-refractivity contribution is 5.84. The molecule has 0 atom stereocenters. The molecule has 0 spiro atoms. The van der Waals surface area contributed by atoms with Crippen LogP contribution in [0.4, 0.5) is 0 Å². The Kier molecular flexibility index (Phi) is 2.00. The van der Waals surface area contributed by atoms with Gasteiger partial charge in [0, 0.05) is 5.39 Å². The van der Waals surface area contributed by atoms with Crippen molar-refractivity contribution in [1.29, 1.82) is 0 Å². The van der Waals surface area contributed by atoms with Crippen LogP contribution in [0.25, 0.3) is 22.1 Å². The second-order valence-electron chi connectivity index (χ2n) is 3.84. The molecule has 2 heteroatoms. The van der Waals surface area contributed by atoms with Crippen LogP contribution in [0.2, 0.25) is 0 Å². The standard InChI is InChI=1S/C14H11NO/c1-10-13-9-12(7-8-14(13)16-15-10)11-5-3-2-4-6-11/h2-9H,1H3. The number of aryl methyl sites for hydroxylation is 1. The Labute approximate surface area is 93.5 Å². The molecule has 1 aromatic heterocycles. The fraction of sp³-hybridized carbons (Fsp3) is 0.0714. The van der Waals surface area contributed by atoms with Gasteiger partial charge >= 0.3 is 0 Å². The van der Waals surface area contributed by atoms with Gasteiger partial charge in [-0.25, -0.2) is 0 Å². The highest BCUT2D eigenvalue weighted by Gasteiger charge is 2.05. The molecule has 0 bridgehead atoms. The average molecular weight is 209 g/mol. The molecule has 16 heavy (non-hydrogen) atoms. The number of fused-ring (bicyclic) bond motifs is 1. The zero-order valence-corrected chi connectivity index (χ0v) is 8.97. The van der Waals surface area contributed by atoms with Gasteiger partial charge in [-0.05, 0) is 30.2 Å². The van der Waals surface area contributed by atoms with Crippen LogP contribution in [-0.4, -0.2) is 5.16 Å². The molecule has 0 fully saturated rings. The zero-order chi connectivity index (χ0) is 11.0. The molecule has 3 aromatic rings. The van der Waals surface area contributed by atoms with E-state index in [0.29, 0.717) is 0 Å². The Bertz CT molecular complexity index is 626. The maximum absolute atomic E-state index is 5.19. The van der Waals surface area contributed by atoms with Gasteiger partial charge in [-0.15, -0.1) is 0 Å². The van der Waals surface area contributed by atoms with Crippen LogP contribution in [-0.2, 0) is 0 Å². The van der Waals surface area contributed by atoms with Gasteiger partial charge in [-0.3, -0.25) is 0 Å². The molecule has 0 aliphatic carbocycles. The van der Waals surface area contributed by atoms with E-state index in [1.54, 1.807) is 0 Å². The highest BCUT2D eigenvalue weighted by atomic mass is 16.5. The molecule has 0 saturated carbocycles. The van der Waals surface area contributed by atoms with Crippen LogP contribution in [0.1, 0.15) is 5.69 Å². The summed E-state index contributed by atoms with van der Waals surface area (Å²) < 4.78 is 5.19. The number of hydrogen-bond donors (Lipinski definition) is 0. The smallest absolute Gasteiger partial charge is 0.167 e. The fourth-order valence-corrected chi connectivity index (χ4v) is 1.87. The Hall–Kier alpha value is -2.09. The molecule has 0 unspecified atom stereocenters. The summed E-state index contributed by atoms with van der Waals surface area (Å²) >= 11 is 0. The van der Waals surface area contributed by atoms with E-state index < -0.39 is 0 Å². The summed E-state index contributed by atoms with van der Waals surface area (Å²) in [6, 6.07) is 16.5. The summed E-state index contributed by atoms with van der Waals surface area (Å²) in [5.41, 5.74) is 4.19. The van der Waals surface area contributed by atoms with E-state index in [2.05, 4.69) is 29.4 Å². The van der Waals surface area contributed by atoms with E-state index in [1.165, 1.54) is 11.1 Å². The molecule has 0 aliphatic rings. The third-order valence-corrected chi connectivity index (χ3v) is 2.76. The maximum Gasteiger partial charge on any atom is 0.167 e. The van der Waals surface area contributed by atoms with Crippen molar-refractivity contribution in [3.05, 3.63) is 54.2 Å². The van der Waals surface area contributed by atoms with Crippen LogP contribution in [0.5, 0.6) is 0 Å². The topological polar surface area (TPSA) is 26.0 Å². The van der Waals surface area contributed by atoms with E-state index in [1.807, 2.05) is 31.2 Å². The zero-order valence-electron chi connectivity index (χ0n) is 8.97. The second-order valence-corrected chi connectivity index (χ2v) is 3.84. The molecular weight excluding hydrogens is 198 g/mol. The van der Waals surface area contributed by atoms with Crippen molar-refractivity contribution >= 4 is 11.0 Å². The molecule has 1 heterocycles. The Balaban J connectivity index is 2.22. The lowest BCUT2D eigenvalue weighted by molar-refractivity contribution is 0.450. The minimum absolute atomic E-state index is 0.845. The lowest BCUT2D eigenvalue weighted by Gasteiger charge is -2.00. The summed E-state index contributed by atoms with van der Waals surface area (Å²) in [4.78, 5) is 0. The van der Waals surface area contributed by atoms with Crippen molar-refractivity contribution in [2.24, 2.45) is 0 Å². The van der Waals surface area contributed by atoms with Crippen LogP contribution < -0.4 is 0 Å². The van der Waals surface area contributed by atoms with Gasteiger partial charge in [0.2, 0.25) is 0 Å². The molecule has 0 N–H and O–H groups in total. The SMILES string of the molecule is Cc1noc2ccc(-c3ccccc3)cc12. The lowest BCUT2D eigenvalue weighted by Crippen LogP contribution is -1.77. The first-order chi connectivity index (χ1) is 7.84. The van der Waals surface area contributed by atoms with Gasteiger partial charge in [0.1, 0.15) is 0 Å². The minimum atomic E-state index is 0.845. The molecule has 0 aliphatic heterocycles. The first-order valence-electron chi connectivity index (χ1n) is 5.26. The van der Waals surface area contributed by atoms with Gasteiger partial charge in [-0.2, -0.15) is 0 Å². The fourth-order valence-electron chi connectivity index (χ4n) is 1.87. The number of rotatable bonds is 1. The van der Waals surface area contributed by atoms with Crippen molar-refractivity contribution in [2.45, 2.75) is 6.92 Å². The highest BCUT2D eigenvalue weighted by Crippen LogP contribution is 2.25. The van der Waals surface area contributed by atoms with Gasteiger partial charge in [0.15, 0.2) is 5.58 Å². The predicted molar refractivity (Wildman–Crippen MR) is 64.2 cm³/mol. The average Bonchev–Trinajstić information content (AvgIpc) is 2.72. The van der Waals surface area contributed by atoms with Gasteiger partial charge in [-0.1, -0.05) is 41.6 Å². The Morgan fingerprint density at radius 2 is 1.75 bits per heavy atom. The minimum Gasteiger partial charge on any atom is -0.356 e. The van der Waals surface area contributed by atoms with Gasteiger partial charge in [0.05, 0.1) is 5.69 Å². The molecule has 0 radical (unpaired) electrons. The summed E-state index contributed by atoms with van der Waals surface area (Å²) in [6.07, 6.45) is 0. The quantitative estimate of drug-likeness (QED) is 0.609. The van der Waals surface area contributed by atoms with E-state index in [4.69, 9.17) is 4.52 Å².